The molecule has 2 aromatic rings. The molecule has 0 spiro atoms. The lowest BCUT2D eigenvalue weighted by Crippen LogP contribution is -2.46. The zero-order chi connectivity index (χ0) is 22.0. The van der Waals surface area contributed by atoms with E-state index in [1.165, 1.54) is 4.90 Å². The van der Waals surface area contributed by atoms with Crippen LogP contribution < -0.4 is 14.4 Å². The van der Waals surface area contributed by atoms with Gasteiger partial charge in [-0.3, -0.25) is 9.59 Å². The van der Waals surface area contributed by atoms with Gasteiger partial charge in [-0.2, -0.15) is 0 Å². The Morgan fingerprint density at radius 2 is 1.45 bits per heavy atom. The van der Waals surface area contributed by atoms with Crippen LogP contribution >= 0.6 is 0 Å². The molecule has 31 heavy (non-hydrogen) atoms. The van der Waals surface area contributed by atoms with Crippen molar-refractivity contribution in [2.45, 2.75) is 6.92 Å². The number of methoxy groups -OCH3 is 1. The van der Waals surface area contributed by atoms with E-state index in [2.05, 4.69) is 11.9 Å². The highest BCUT2D eigenvalue weighted by Crippen LogP contribution is 2.36. The molecule has 1 fully saturated rings. The lowest BCUT2D eigenvalue weighted by molar-refractivity contribution is -0.120. The van der Waals surface area contributed by atoms with Gasteiger partial charge >= 0.3 is 0 Å². The van der Waals surface area contributed by atoms with E-state index in [-0.39, 0.29) is 11.8 Å². The molecule has 0 bridgehead atoms. The zero-order valence-corrected chi connectivity index (χ0v) is 18.1. The largest absolute Gasteiger partial charge is 0.497 e. The number of carbonyl (C=O) groups excluding carboxylic acids is 2. The quantitative estimate of drug-likeness (QED) is 0.669. The van der Waals surface area contributed by atoms with Crippen molar-refractivity contribution in [3.8, 4) is 11.5 Å². The fourth-order valence-corrected chi connectivity index (χ4v) is 3.95. The maximum Gasteiger partial charge on any atom is 0.282 e. The smallest absolute Gasteiger partial charge is 0.282 e. The molecular weight excluding hydrogens is 394 g/mol. The molecule has 0 saturated carbocycles. The van der Waals surface area contributed by atoms with Crippen LogP contribution in [-0.2, 0) is 9.59 Å². The number of benzene rings is 2. The Morgan fingerprint density at radius 1 is 0.839 bits per heavy atom. The molecule has 2 aliphatic heterocycles. The van der Waals surface area contributed by atoms with Crippen molar-refractivity contribution in [2.24, 2.45) is 0 Å². The first kappa shape index (κ1) is 20.9. The average Bonchev–Trinajstić information content (AvgIpc) is 3.05. The summed E-state index contributed by atoms with van der Waals surface area (Å²) in [5.41, 5.74) is 2.15. The summed E-state index contributed by atoms with van der Waals surface area (Å²) in [4.78, 5) is 32.6. The van der Waals surface area contributed by atoms with Gasteiger partial charge in [0, 0.05) is 26.2 Å². The SMILES string of the molecule is CCOc1ccc(N2C(=O)C(c3ccc(OC)cc3)=C(N3CCN(C)CC3)C2=O)cc1. The molecule has 2 aliphatic rings. The standard InChI is InChI=1S/C24H27N3O4/c1-4-31-20-11-7-18(8-12-20)27-23(28)21(17-5-9-19(30-3)10-6-17)22(24(27)29)26-15-13-25(2)14-16-26/h5-12H,4,13-16H2,1-3H3. The van der Waals surface area contributed by atoms with Crippen molar-refractivity contribution in [1.82, 2.24) is 9.80 Å². The Hall–Kier alpha value is -3.32. The maximum absolute atomic E-state index is 13.6. The van der Waals surface area contributed by atoms with Crippen molar-refractivity contribution >= 4 is 23.1 Å². The Kier molecular flexibility index (Phi) is 5.95. The number of hydrogen-bond acceptors (Lipinski definition) is 6. The summed E-state index contributed by atoms with van der Waals surface area (Å²) in [6.07, 6.45) is 0. The van der Waals surface area contributed by atoms with Crippen molar-refractivity contribution in [1.29, 1.82) is 0 Å². The van der Waals surface area contributed by atoms with Gasteiger partial charge in [0.05, 0.1) is 25.0 Å². The van der Waals surface area contributed by atoms with Crippen LogP contribution in [0.4, 0.5) is 5.69 Å². The van der Waals surface area contributed by atoms with Crippen LogP contribution in [0.15, 0.2) is 54.2 Å². The molecule has 162 valence electrons. The van der Waals surface area contributed by atoms with Gasteiger partial charge < -0.3 is 19.3 Å². The van der Waals surface area contributed by atoms with E-state index in [1.807, 2.05) is 24.0 Å². The van der Waals surface area contributed by atoms with Gasteiger partial charge in [0.2, 0.25) is 0 Å². The Labute approximate surface area is 182 Å². The minimum atomic E-state index is -0.312. The number of rotatable bonds is 6. The lowest BCUT2D eigenvalue weighted by Gasteiger charge is -2.34. The predicted octanol–water partition coefficient (Wildman–Crippen LogP) is 2.63. The van der Waals surface area contributed by atoms with Crippen LogP contribution in [0.5, 0.6) is 11.5 Å². The Morgan fingerprint density at radius 3 is 2.03 bits per heavy atom. The third-order valence-corrected chi connectivity index (χ3v) is 5.66. The lowest BCUT2D eigenvalue weighted by atomic mass is 10.0. The molecule has 2 aromatic carbocycles. The van der Waals surface area contributed by atoms with E-state index < -0.39 is 0 Å². The highest BCUT2D eigenvalue weighted by molar-refractivity contribution is 6.45. The van der Waals surface area contributed by atoms with Crippen molar-refractivity contribution in [3.63, 3.8) is 0 Å². The number of likely N-dealkylation sites (N-methyl/N-ethyl adjacent to an activating group) is 1. The van der Waals surface area contributed by atoms with Crippen LogP contribution in [0, 0.1) is 0 Å². The van der Waals surface area contributed by atoms with Gasteiger partial charge in [-0.05, 0) is 55.9 Å². The highest BCUT2D eigenvalue weighted by atomic mass is 16.5. The van der Waals surface area contributed by atoms with Crippen LogP contribution in [0.2, 0.25) is 0 Å². The van der Waals surface area contributed by atoms with Gasteiger partial charge in [0.25, 0.3) is 11.8 Å². The number of anilines is 1. The molecule has 2 heterocycles. The minimum absolute atomic E-state index is 0.287. The summed E-state index contributed by atoms with van der Waals surface area (Å²) >= 11 is 0. The molecular formula is C24H27N3O4. The van der Waals surface area contributed by atoms with E-state index in [0.29, 0.717) is 53.7 Å². The highest BCUT2D eigenvalue weighted by Gasteiger charge is 2.42. The summed E-state index contributed by atoms with van der Waals surface area (Å²) in [6.45, 7) is 5.53. The summed E-state index contributed by atoms with van der Waals surface area (Å²) < 4.78 is 10.7. The summed E-state index contributed by atoms with van der Waals surface area (Å²) in [6, 6.07) is 14.3. The molecule has 0 aromatic heterocycles. The summed E-state index contributed by atoms with van der Waals surface area (Å²) in [5, 5.41) is 0. The fraction of sp³-hybridized carbons (Fsp3) is 0.333. The molecule has 0 radical (unpaired) electrons. The molecule has 7 nitrogen and oxygen atoms in total. The zero-order valence-electron chi connectivity index (χ0n) is 18.1. The summed E-state index contributed by atoms with van der Waals surface area (Å²) in [7, 11) is 3.66. The second-order valence-electron chi connectivity index (χ2n) is 7.62. The van der Waals surface area contributed by atoms with Gasteiger partial charge in [-0.15, -0.1) is 0 Å². The third-order valence-electron chi connectivity index (χ3n) is 5.66. The number of imide groups is 1. The molecule has 0 aliphatic carbocycles. The Bertz CT molecular complexity index is 990. The van der Waals surface area contributed by atoms with Crippen molar-refractivity contribution < 1.29 is 19.1 Å². The second-order valence-corrected chi connectivity index (χ2v) is 7.62. The second kappa shape index (κ2) is 8.81. The number of amides is 2. The maximum atomic E-state index is 13.6. The monoisotopic (exact) mass is 421 g/mol. The topological polar surface area (TPSA) is 62.3 Å². The third kappa shape index (κ3) is 4.01. The predicted molar refractivity (Wildman–Crippen MR) is 119 cm³/mol. The first-order valence-electron chi connectivity index (χ1n) is 10.5. The van der Waals surface area contributed by atoms with Crippen LogP contribution in [0.3, 0.4) is 0 Å². The van der Waals surface area contributed by atoms with Crippen molar-refractivity contribution in [3.05, 3.63) is 59.8 Å². The van der Waals surface area contributed by atoms with Gasteiger partial charge in [0.1, 0.15) is 17.2 Å². The minimum Gasteiger partial charge on any atom is -0.497 e. The van der Waals surface area contributed by atoms with Crippen LogP contribution in [0.1, 0.15) is 12.5 Å². The first-order valence-corrected chi connectivity index (χ1v) is 10.5. The van der Waals surface area contributed by atoms with E-state index in [0.717, 1.165) is 13.1 Å². The van der Waals surface area contributed by atoms with E-state index >= 15 is 0 Å². The van der Waals surface area contributed by atoms with E-state index in [1.54, 1.807) is 43.5 Å². The summed E-state index contributed by atoms with van der Waals surface area (Å²) in [5.74, 6) is 0.802. The number of piperazine rings is 1. The number of ether oxygens (including phenoxy) is 2. The number of nitrogens with zero attached hydrogens (tertiary/aromatic N) is 3. The van der Waals surface area contributed by atoms with Gasteiger partial charge in [-0.25, -0.2) is 4.90 Å². The molecule has 0 unspecified atom stereocenters. The Balaban J connectivity index is 1.74. The number of carbonyl (C=O) groups is 2. The first-order chi connectivity index (χ1) is 15.0. The molecule has 1 saturated heterocycles. The number of hydrogen-bond donors (Lipinski definition) is 0. The molecule has 4 rings (SSSR count). The molecule has 2 amide bonds. The van der Waals surface area contributed by atoms with Crippen LogP contribution in [0.25, 0.3) is 5.57 Å². The molecule has 0 N–H and O–H groups in total. The fourth-order valence-electron chi connectivity index (χ4n) is 3.95. The van der Waals surface area contributed by atoms with E-state index in [9.17, 15) is 9.59 Å². The van der Waals surface area contributed by atoms with E-state index in [4.69, 9.17) is 9.47 Å². The van der Waals surface area contributed by atoms with Gasteiger partial charge in [-0.1, -0.05) is 12.1 Å². The van der Waals surface area contributed by atoms with Crippen LogP contribution in [-0.4, -0.2) is 68.6 Å². The van der Waals surface area contributed by atoms with Gasteiger partial charge in [0.15, 0.2) is 0 Å². The molecule has 0 atom stereocenters. The van der Waals surface area contributed by atoms with Crippen molar-refractivity contribution in [2.75, 3.05) is 51.8 Å². The average molecular weight is 421 g/mol. The normalized spacial score (nSPS) is 17.5. The molecule has 7 heteroatoms.